The van der Waals surface area contributed by atoms with Gasteiger partial charge in [-0.2, -0.15) is 0 Å². The van der Waals surface area contributed by atoms with Crippen molar-refractivity contribution in [2.24, 2.45) is 0 Å². The molecule has 0 aromatic carbocycles. The van der Waals surface area contributed by atoms with E-state index in [0.29, 0.717) is 12.0 Å². The van der Waals surface area contributed by atoms with Crippen LogP contribution in [0.15, 0.2) is 0 Å². The van der Waals surface area contributed by atoms with Gasteiger partial charge in [-0.1, -0.05) is 35.2 Å². The first-order valence-corrected chi connectivity index (χ1v) is 7.35. The lowest BCUT2D eigenvalue weighted by Crippen LogP contribution is -2.15. The molecule has 0 unspecified atom stereocenters. The number of halogens is 1. The molecule has 1 aromatic rings. The maximum absolute atomic E-state index is 4.41. The smallest absolute Gasteiger partial charge is 0.143 e. The van der Waals surface area contributed by atoms with E-state index in [9.17, 15) is 0 Å². The van der Waals surface area contributed by atoms with Gasteiger partial charge in [0.25, 0.3) is 0 Å². The van der Waals surface area contributed by atoms with Crippen LogP contribution < -0.4 is 0 Å². The van der Waals surface area contributed by atoms with E-state index in [-0.39, 0.29) is 0 Å². The fraction of sp³-hybridized carbons (Fsp3) is 0.833. The van der Waals surface area contributed by atoms with Gasteiger partial charge in [0, 0.05) is 12.0 Å². The SMILES string of the molecule is CC(C)n1c(CBr)nnc1C1CCCCC1. The minimum Gasteiger partial charge on any atom is -0.311 e. The van der Waals surface area contributed by atoms with Gasteiger partial charge in [0.15, 0.2) is 0 Å². The van der Waals surface area contributed by atoms with Gasteiger partial charge in [0.1, 0.15) is 11.6 Å². The quantitative estimate of drug-likeness (QED) is 0.791. The minimum atomic E-state index is 0.458. The fourth-order valence-electron chi connectivity index (χ4n) is 2.63. The molecule has 0 atom stereocenters. The predicted molar refractivity (Wildman–Crippen MR) is 68.9 cm³/mol. The van der Waals surface area contributed by atoms with Crippen molar-refractivity contribution in [3.63, 3.8) is 0 Å². The van der Waals surface area contributed by atoms with Crippen LogP contribution in [0.2, 0.25) is 0 Å². The Labute approximate surface area is 106 Å². The molecular weight excluding hydrogens is 266 g/mol. The van der Waals surface area contributed by atoms with Crippen LogP contribution in [0.5, 0.6) is 0 Å². The average molecular weight is 286 g/mol. The molecule has 0 amide bonds. The van der Waals surface area contributed by atoms with Crippen LogP contribution >= 0.6 is 15.9 Å². The molecule has 2 rings (SSSR count). The summed E-state index contributed by atoms with van der Waals surface area (Å²) < 4.78 is 2.31. The van der Waals surface area contributed by atoms with Crippen LogP contribution in [0.1, 0.15) is 69.6 Å². The third-order valence-electron chi connectivity index (χ3n) is 3.40. The molecule has 16 heavy (non-hydrogen) atoms. The van der Waals surface area contributed by atoms with Crippen molar-refractivity contribution in [1.29, 1.82) is 0 Å². The zero-order chi connectivity index (χ0) is 11.5. The first-order chi connectivity index (χ1) is 7.74. The number of aromatic nitrogens is 3. The largest absolute Gasteiger partial charge is 0.311 e. The van der Waals surface area contributed by atoms with Crippen LogP contribution in [0.3, 0.4) is 0 Å². The normalized spacial score (nSPS) is 18.2. The molecule has 1 aliphatic carbocycles. The summed E-state index contributed by atoms with van der Waals surface area (Å²) in [6.07, 6.45) is 6.65. The summed E-state index contributed by atoms with van der Waals surface area (Å²) in [5, 5.41) is 9.51. The van der Waals surface area contributed by atoms with E-state index in [2.05, 4.69) is 44.5 Å². The lowest BCUT2D eigenvalue weighted by atomic mass is 9.88. The monoisotopic (exact) mass is 285 g/mol. The van der Waals surface area contributed by atoms with Gasteiger partial charge in [0.05, 0.1) is 5.33 Å². The Balaban J connectivity index is 2.28. The standard InChI is InChI=1S/C12H20BrN3/c1-9(2)16-11(8-13)14-15-12(16)10-6-4-3-5-7-10/h9-10H,3-8H2,1-2H3. The molecule has 1 fully saturated rings. The van der Waals surface area contributed by atoms with Crippen molar-refractivity contribution in [2.45, 2.75) is 63.2 Å². The molecule has 0 aliphatic heterocycles. The third kappa shape index (κ3) is 2.31. The van der Waals surface area contributed by atoms with Gasteiger partial charge in [-0.25, -0.2) is 0 Å². The molecule has 1 heterocycles. The zero-order valence-corrected chi connectivity index (χ0v) is 11.7. The summed E-state index contributed by atoms with van der Waals surface area (Å²) in [5.74, 6) is 2.91. The van der Waals surface area contributed by atoms with Gasteiger partial charge >= 0.3 is 0 Å². The van der Waals surface area contributed by atoms with Crippen molar-refractivity contribution in [1.82, 2.24) is 14.8 Å². The van der Waals surface area contributed by atoms with E-state index in [1.165, 1.54) is 37.9 Å². The molecule has 1 aliphatic rings. The van der Waals surface area contributed by atoms with E-state index in [0.717, 1.165) is 11.2 Å². The maximum Gasteiger partial charge on any atom is 0.143 e. The van der Waals surface area contributed by atoms with Crippen LogP contribution in [0.25, 0.3) is 0 Å². The van der Waals surface area contributed by atoms with Crippen molar-refractivity contribution in [3.05, 3.63) is 11.6 Å². The number of alkyl halides is 1. The number of rotatable bonds is 3. The maximum atomic E-state index is 4.41. The Morgan fingerprint density at radius 1 is 1.25 bits per heavy atom. The summed E-state index contributed by atoms with van der Waals surface area (Å²) in [6, 6.07) is 0.458. The van der Waals surface area contributed by atoms with Crippen LogP contribution in [0.4, 0.5) is 0 Å². The van der Waals surface area contributed by atoms with E-state index in [4.69, 9.17) is 0 Å². The van der Waals surface area contributed by atoms with Crippen molar-refractivity contribution in [3.8, 4) is 0 Å². The number of hydrogen-bond acceptors (Lipinski definition) is 2. The van der Waals surface area contributed by atoms with E-state index in [1.807, 2.05) is 0 Å². The summed E-state index contributed by atoms with van der Waals surface area (Å²) in [4.78, 5) is 0. The van der Waals surface area contributed by atoms with Crippen LogP contribution in [0, 0.1) is 0 Å². The molecule has 1 aromatic heterocycles. The lowest BCUT2D eigenvalue weighted by Gasteiger charge is -2.23. The lowest BCUT2D eigenvalue weighted by molar-refractivity contribution is 0.404. The summed E-state index contributed by atoms with van der Waals surface area (Å²) in [6.45, 7) is 4.42. The summed E-state index contributed by atoms with van der Waals surface area (Å²) >= 11 is 3.49. The van der Waals surface area contributed by atoms with Crippen molar-refractivity contribution < 1.29 is 0 Å². The fourth-order valence-corrected chi connectivity index (χ4v) is 3.01. The van der Waals surface area contributed by atoms with Crippen molar-refractivity contribution in [2.75, 3.05) is 0 Å². The molecule has 0 N–H and O–H groups in total. The highest BCUT2D eigenvalue weighted by atomic mass is 79.9. The molecule has 0 radical (unpaired) electrons. The highest BCUT2D eigenvalue weighted by Crippen LogP contribution is 2.33. The topological polar surface area (TPSA) is 30.7 Å². The second-order valence-corrected chi connectivity index (χ2v) is 5.47. The first-order valence-electron chi connectivity index (χ1n) is 6.23. The number of nitrogens with zero attached hydrogens (tertiary/aromatic N) is 3. The van der Waals surface area contributed by atoms with E-state index >= 15 is 0 Å². The van der Waals surface area contributed by atoms with Gasteiger partial charge in [-0.05, 0) is 26.7 Å². The van der Waals surface area contributed by atoms with Crippen LogP contribution in [-0.2, 0) is 5.33 Å². The molecule has 90 valence electrons. The Morgan fingerprint density at radius 3 is 2.50 bits per heavy atom. The third-order valence-corrected chi connectivity index (χ3v) is 3.90. The molecule has 0 saturated heterocycles. The highest BCUT2D eigenvalue weighted by molar-refractivity contribution is 9.08. The van der Waals surface area contributed by atoms with Crippen molar-refractivity contribution >= 4 is 15.9 Å². The first kappa shape index (κ1) is 12.1. The van der Waals surface area contributed by atoms with Gasteiger partial charge < -0.3 is 4.57 Å². The Kier molecular flexibility index (Phi) is 4.00. The Bertz CT molecular complexity index is 340. The van der Waals surface area contributed by atoms with Crippen LogP contribution in [-0.4, -0.2) is 14.8 Å². The van der Waals surface area contributed by atoms with E-state index < -0.39 is 0 Å². The van der Waals surface area contributed by atoms with E-state index in [1.54, 1.807) is 0 Å². The molecule has 4 heteroatoms. The average Bonchev–Trinajstić information content (AvgIpc) is 2.73. The Hall–Kier alpha value is -0.380. The highest BCUT2D eigenvalue weighted by Gasteiger charge is 2.23. The van der Waals surface area contributed by atoms with Gasteiger partial charge in [-0.3, -0.25) is 0 Å². The molecule has 0 spiro atoms. The predicted octanol–water partition coefficient (Wildman–Crippen LogP) is 3.80. The molecule has 3 nitrogen and oxygen atoms in total. The molecule has 0 bridgehead atoms. The van der Waals surface area contributed by atoms with Gasteiger partial charge in [0.2, 0.25) is 0 Å². The number of hydrogen-bond donors (Lipinski definition) is 0. The second kappa shape index (κ2) is 5.30. The molecular formula is C12H20BrN3. The zero-order valence-electron chi connectivity index (χ0n) is 10.1. The summed E-state index contributed by atoms with van der Waals surface area (Å²) in [7, 11) is 0. The van der Waals surface area contributed by atoms with Gasteiger partial charge in [-0.15, -0.1) is 10.2 Å². The second-order valence-electron chi connectivity index (χ2n) is 4.91. The molecule has 1 saturated carbocycles. The minimum absolute atomic E-state index is 0.458. The Morgan fingerprint density at radius 2 is 1.94 bits per heavy atom. The summed E-state index contributed by atoms with van der Waals surface area (Å²) in [5.41, 5.74) is 0.